The van der Waals surface area contributed by atoms with E-state index in [4.69, 9.17) is 4.52 Å². The molecule has 1 aliphatic rings. The van der Waals surface area contributed by atoms with Crippen molar-refractivity contribution in [3.63, 3.8) is 0 Å². The zero-order valence-electron chi connectivity index (χ0n) is 12.3. The van der Waals surface area contributed by atoms with Crippen molar-refractivity contribution in [2.45, 2.75) is 25.8 Å². The molecule has 22 heavy (non-hydrogen) atoms. The summed E-state index contributed by atoms with van der Waals surface area (Å²) < 4.78 is 5.21. The molecule has 0 aromatic carbocycles. The van der Waals surface area contributed by atoms with Crippen LogP contribution in [0.4, 0.5) is 0 Å². The number of rotatable bonds is 4. The van der Waals surface area contributed by atoms with Crippen LogP contribution in [0.1, 0.15) is 19.2 Å². The smallest absolute Gasteiger partial charge is 0.227 e. The molecule has 0 radical (unpaired) electrons. The minimum absolute atomic E-state index is 0. The van der Waals surface area contributed by atoms with Crippen LogP contribution < -0.4 is 5.32 Å². The molecule has 1 unspecified atom stereocenters. The number of piperazine rings is 1. The Morgan fingerprint density at radius 1 is 1.59 bits per heavy atom. The van der Waals surface area contributed by atoms with Gasteiger partial charge in [0.2, 0.25) is 17.6 Å². The molecule has 3 heterocycles. The third-order valence-corrected chi connectivity index (χ3v) is 4.31. The zero-order chi connectivity index (χ0) is 14.7. The number of aryl methyl sites for hydroxylation is 1. The van der Waals surface area contributed by atoms with Gasteiger partial charge in [0.05, 0.1) is 0 Å². The van der Waals surface area contributed by atoms with Crippen LogP contribution >= 0.6 is 23.7 Å². The summed E-state index contributed by atoms with van der Waals surface area (Å²) in [6.45, 7) is 4.54. The third kappa shape index (κ3) is 3.85. The van der Waals surface area contributed by atoms with Crippen LogP contribution in [0, 0.1) is 0 Å². The molecule has 1 atom stereocenters. The maximum atomic E-state index is 12.2. The molecule has 3 rings (SSSR count). The van der Waals surface area contributed by atoms with E-state index in [1.165, 1.54) is 0 Å². The lowest BCUT2D eigenvalue weighted by Gasteiger charge is -2.34. The number of hydrogen-bond acceptors (Lipinski definition) is 6. The fourth-order valence-electron chi connectivity index (χ4n) is 2.43. The SMILES string of the molecule is CC1CNCCN1C(=O)CCc1nc(-c2ccsc2)no1.Cl. The van der Waals surface area contributed by atoms with E-state index in [1.54, 1.807) is 11.3 Å². The van der Waals surface area contributed by atoms with E-state index in [1.807, 2.05) is 21.7 Å². The quantitative estimate of drug-likeness (QED) is 0.919. The first-order chi connectivity index (χ1) is 10.2. The normalized spacial score (nSPS) is 18.0. The predicted octanol–water partition coefficient (Wildman–Crippen LogP) is 1.97. The Bertz CT molecular complexity index is 602. The van der Waals surface area contributed by atoms with E-state index < -0.39 is 0 Å². The predicted molar refractivity (Wildman–Crippen MR) is 87.2 cm³/mol. The molecule has 6 nitrogen and oxygen atoms in total. The van der Waals surface area contributed by atoms with Crippen molar-refractivity contribution in [1.29, 1.82) is 0 Å². The van der Waals surface area contributed by atoms with E-state index in [0.29, 0.717) is 24.6 Å². The van der Waals surface area contributed by atoms with E-state index in [9.17, 15) is 4.79 Å². The Balaban J connectivity index is 0.00000176. The minimum Gasteiger partial charge on any atom is -0.339 e. The van der Waals surface area contributed by atoms with Gasteiger partial charge < -0.3 is 14.7 Å². The first-order valence-corrected chi connectivity index (χ1v) is 8.03. The van der Waals surface area contributed by atoms with Gasteiger partial charge in [-0.1, -0.05) is 5.16 Å². The van der Waals surface area contributed by atoms with Crippen LogP contribution in [0.5, 0.6) is 0 Å². The fraction of sp³-hybridized carbons (Fsp3) is 0.500. The molecular formula is C14H19ClN4O2S. The Morgan fingerprint density at radius 2 is 2.45 bits per heavy atom. The van der Waals surface area contributed by atoms with Gasteiger partial charge in [-0.05, 0) is 18.4 Å². The highest BCUT2D eigenvalue weighted by atomic mass is 35.5. The Hall–Kier alpha value is -1.44. The number of nitrogens with one attached hydrogen (secondary N) is 1. The molecule has 0 spiro atoms. The first kappa shape index (κ1) is 16.9. The van der Waals surface area contributed by atoms with Crippen molar-refractivity contribution >= 4 is 29.7 Å². The van der Waals surface area contributed by atoms with Crippen molar-refractivity contribution in [3.05, 3.63) is 22.7 Å². The van der Waals surface area contributed by atoms with Crippen LogP contribution in [-0.4, -0.2) is 46.6 Å². The van der Waals surface area contributed by atoms with Gasteiger partial charge in [0.15, 0.2) is 0 Å². The topological polar surface area (TPSA) is 71.3 Å². The molecule has 8 heteroatoms. The maximum absolute atomic E-state index is 12.2. The number of carbonyl (C=O) groups excluding carboxylic acids is 1. The minimum atomic E-state index is 0. The first-order valence-electron chi connectivity index (χ1n) is 7.09. The summed E-state index contributed by atoms with van der Waals surface area (Å²) in [4.78, 5) is 18.5. The van der Waals surface area contributed by atoms with Crippen molar-refractivity contribution in [3.8, 4) is 11.4 Å². The summed E-state index contributed by atoms with van der Waals surface area (Å²) in [6.07, 6.45) is 0.905. The summed E-state index contributed by atoms with van der Waals surface area (Å²) >= 11 is 1.59. The monoisotopic (exact) mass is 342 g/mol. The zero-order valence-corrected chi connectivity index (χ0v) is 14.0. The standard InChI is InChI=1S/C14H18N4O2S.ClH/c1-10-8-15-5-6-18(10)13(19)3-2-12-16-14(17-20-12)11-4-7-21-9-11;/h4,7,9-10,15H,2-3,5-6,8H2,1H3;1H. The fourth-order valence-corrected chi connectivity index (χ4v) is 3.07. The van der Waals surface area contributed by atoms with Crippen molar-refractivity contribution in [2.24, 2.45) is 0 Å². The number of halogens is 1. The number of thiophene rings is 1. The second-order valence-corrected chi connectivity index (χ2v) is 5.94. The Morgan fingerprint density at radius 3 is 3.18 bits per heavy atom. The van der Waals surface area contributed by atoms with Gasteiger partial charge in [0.25, 0.3) is 0 Å². The average Bonchev–Trinajstić information content (AvgIpc) is 3.16. The number of amides is 1. The molecular weight excluding hydrogens is 324 g/mol. The van der Waals surface area contributed by atoms with E-state index in [2.05, 4.69) is 22.4 Å². The van der Waals surface area contributed by atoms with Crippen molar-refractivity contribution in [1.82, 2.24) is 20.4 Å². The lowest BCUT2D eigenvalue weighted by Crippen LogP contribution is -2.52. The van der Waals surface area contributed by atoms with Crippen LogP contribution in [-0.2, 0) is 11.2 Å². The summed E-state index contributed by atoms with van der Waals surface area (Å²) in [5, 5.41) is 11.2. The van der Waals surface area contributed by atoms with Crippen LogP contribution in [0.2, 0.25) is 0 Å². The molecule has 0 saturated carbocycles. The van der Waals surface area contributed by atoms with Crippen molar-refractivity contribution < 1.29 is 9.32 Å². The molecule has 0 aliphatic carbocycles. The molecule has 1 N–H and O–H groups in total. The molecule has 1 amide bonds. The second-order valence-electron chi connectivity index (χ2n) is 5.16. The van der Waals surface area contributed by atoms with Gasteiger partial charge in [-0.25, -0.2) is 0 Å². The van der Waals surface area contributed by atoms with Gasteiger partial charge >= 0.3 is 0 Å². The van der Waals surface area contributed by atoms with Gasteiger partial charge in [0.1, 0.15) is 0 Å². The van der Waals surface area contributed by atoms with Crippen LogP contribution in [0.15, 0.2) is 21.3 Å². The molecule has 1 saturated heterocycles. The summed E-state index contributed by atoms with van der Waals surface area (Å²) in [5.74, 6) is 1.26. The highest BCUT2D eigenvalue weighted by Gasteiger charge is 2.23. The lowest BCUT2D eigenvalue weighted by atomic mass is 10.2. The molecule has 2 aromatic rings. The molecule has 1 aliphatic heterocycles. The van der Waals surface area contributed by atoms with Gasteiger partial charge in [-0.2, -0.15) is 16.3 Å². The highest BCUT2D eigenvalue weighted by molar-refractivity contribution is 7.08. The van der Waals surface area contributed by atoms with E-state index in [0.717, 1.165) is 25.2 Å². The summed E-state index contributed by atoms with van der Waals surface area (Å²) in [7, 11) is 0. The van der Waals surface area contributed by atoms with Gasteiger partial charge in [-0.3, -0.25) is 4.79 Å². The van der Waals surface area contributed by atoms with Crippen molar-refractivity contribution in [2.75, 3.05) is 19.6 Å². The number of nitrogens with zero attached hydrogens (tertiary/aromatic N) is 3. The number of carbonyl (C=O) groups is 1. The number of aromatic nitrogens is 2. The molecule has 0 bridgehead atoms. The summed E-state index contributed by atoms with van der Waals surface area (Å²) in [5.41, 5.74) is 0.956. The largest absolute Gasteiger partial charge is 0.339 e. The highest BCUT2D eigenvalue weighted by Crippen LogP contribution is 2.19. The average molecular weight is 343 g/mol. The molecule has 120 valence electrons. The second kappa shape index (κ2) is 7.71. The Labute approximate surface area is 139 Å². The Kier molecular flexibility index (Phi) is 5.93. The third-order valence-electron chi connectivity index (χ3n) is 3.62. The van der Waals surface area contributed by atoms with E-state index >= 15 is 0 Å². The van der Waals surface area contributed by atoms with Gasteiger partial charge in [0, 0.05) is 49.5 Å². The molecule has 1 fully saturated rings. The number of hydrogen-bond donors (Lipinski definition) is 1. The van der Waals surface area contributed by atoms with Gasteiger partial charge in [-0.15, -0.1) is 12.4 Å². The lowest BCUT2D eigenvalue weighted by molar-refractivity contribution is -0.134. The van der Waals surface area contributed by atoms with Crippen LogP contribution in [0.25, 0.3) is 11.4 Å². The van der Waals surface area contributed by atoms with Crippen LogP contribution in [0.3, 0.4) is 0 Å². The van der Waals surface area contributed by atoms with E-state index in [-0.39, 0.29) is 24.4 Å². The maximum Gasteiger partial charge on any atom is 0.227 e. The summed E-state index contributed by atoms with van der Waals surface area (Å²) in [6, 6.07) is 2.20. The molecule has 2 aromatic heterocycles.